The molecule has 1 aromatic carbocycles. The molecule has 0 aliphatic carbocycles. The number of benzene rings is 1. The topological polar surface area (TPSA) is 92.5 Å². The van der Waals surface area contributed by atoms with Crippen LogP contribution < -0.4 is 5.32 Å². The molecule has 2 rings (SSSR count). The highest BCUT2D eigenvalue weighted by Gasteiger charge is 2.22. The van der Waals surface area contributed by atoms with Gasteiger partial charge in [0.15, 0.2) is 0 Å². The fraction of sp³-hybridized carbons (Fsp3) is 0.333. The second-order valence-corrected chi connectivity index (χ2v) is 5.30. The van der Waals surface area contributed by atoms with Gasteiger partial charge in [-0.05, 0) is 12.5 Å². The van der Waals surface area contributed by atoms with Crippen molar-refractivity contribution in [3.05, 3.63) is 38.3 Å². The maximum Gasteiger partial charge on any atom is 0.271 e. The number of nitrogens with one attached hydrogen (secondary N) is 1. The van der Waals surface area contributed by atoms with Crippen molar-refractivity contribution < 1.29 is 14.5 Å². The van der Waals surface area contributed by atoms with E-state index in [1.54, 1.807) is 0 Å². The number of rotatable bonds is 2. The first-order valence-electron chi connectivity index (χ1n) is 5.98. The van der Waals surface area contributed by atoms with Crippen LogP contribution in [0.15, 0.2) is 22.7 Å². The quantitative estimate of drug-likeness (QED) is 0.648. The van der Waals surface area contributed by atoms with Crippen molar-refractivity contribution in [1.29, 1.82) is 0 Å². The van der Waals surface area contributed by atoms with E-state index in [0.717, 1.165) is 0 Å². The second kappa shape index (κ2) is 6.00. The second-order valence-electron chi connectivity index (χ2n) is 4.39. The van der Waals surface area contributed by atoms with Gasteiger partial charge in [0.2, 0.25) is 5.91 Å². The summed E-state index contributed by atoms with van der Waals surface area (Å²) in [5, 5.41) is 13.5. The molecule has 0 unspecified atom stereocenters. The molecule has 0 radical (unpaired) electrons. The van der Waals surface area contributed by atoms with Crippen LogP contribution in [0.25, 0.3) is 0 Å². The summed E-state index contributed by atoms with van der Waals surface area (Å²) in [7, 11) is 0. The summed E-state index contributed by atoms with van der Waals surface area (Å²) in [6, 6.07) is 4.06. The molecule has 20 heavy (non-hydrogen) atoms. The summed E-state index contributed by atoms with van der Waals surface area (Å²) in [4.78, 5) is 35.4. The van der Waals surface area contributed by atoms with Gasteiger partial charge in [-0.15, -0.1) is 0 Å². The minimum Gasteiger partial charge on any atom is -0.354 e. The molecule has 106 valence electrons. The molecule has 0 bridgehead atoms. The zero-order valence-electron chi connectivity index (χ0n) is 10.5. The number of amides is 2. The molecular weight excluding hydrogens is 330 g/mol. The minimum atomic E-state index is -0.559. The van der Waals surface area contributed by atoms with E-state index in [1.807, 2.05) is 0 Å². The van der Waals surface area contributed by atoms with Crippen LogP contribution >= 0.6 is 15.9 Å². The largest absolute Gasteiger partial charge is 0.354 e. The zero-order valence-corrected chi connectivity index (χ0v) is 12.1. The molecule has 1 aromatic rings. The standard InChI is InChI=1S/C12H12BrN3O4/c13-9-4-8(5-10(6-9)16(19)20)12(18)15-3-1-2-14-11(17)7-15/h4-6H,1-3,7H2,(H,14,17). The molecule has 7 nitrogen and oxygen atoms in total. The first-order chi connectivity index (χ1) is 9.47. The van der Waals surface area contributed by atoms with Crippen molar-refractivity contribution in [2.24, 2.45) is 0 Å². The maximum absolute atomic E-state index is 12.3. The summed E-state index contributed by atoms with van der Waals surface area (Å²) in [5.74, 6) is -0.605. The van der Waals surface area contributed by atoms with Gasteiger partial charge in [-0.1, -0.05) is 15.9 Å². The van der Waals surface area contributed by atoms with Crippen LogP contribution in [0, 0.1) is 10.1 Å². The molecule has 2 amide bonds. The van der Waals surface area contributed by atoms with Gasteiger partial charge >= 0.3 is 0 Å². The van der Waals surface area contributed by atoms with Crippen molar-refractivity contribution in [3.8, 4) is 0 Å². The highest BCUT2D eigenvalue weighted by Crippen LogP contribution is 2.22. The van der Waals surface area contributed by atoms with Gasteiger partial charge < -0.3 is 10.2 Å². The summed E-state index contributed by atoms with van der Waals surface area (Å²) in [6.07, 6.45) is 0.660. The molecule has 1 heterocycles. The normalized spacial score (nSPS) is 15.4. The lowest BCUT2D eigenvalue weighted by atomic mass is 10.1. The Labute approximate surface area is 123 Å². The van der Waals surface area contributed by atoms with Crippen LogP contribution in [0.2, 0.25) is 0 Å². The first kappa shape index (κ1) is 14.4. The van der Waals surface area contributed by atoms with E-state index in [9.17, 15) is 19.7 Å². The minimum absolute atomic E-state index is 0.0286. The predicted molar refractivity (Wildman–Crippen MR) is 74.3 cm³/mol. The Kier molecular flexibility index (Phi) is 4.33. The molecule has 0 aromatic heterocycles. The van der Waals surface area contributed by atoms with Crippen molar-refractivity contribution in [3.63, 3.8) is 0 Å². The first-order valence-corrected chi connectivity index (χ1v) is 6.77. The van der Waals surface area contributed by atoms with Crippen LogP contribution in [-0.4, -0.2) is 41.3 Å². The molecule has 1 aliphatic heterocycles. The van der Waals surface area contributed by atoms with E-state index >= 15 is 0 Å². The van der Waals surface area contributed by atoms with Crippen molar-refractivity contribution >= 4 is 33.4 Å². The van der Waals surface area contributed by atoms with Crippen molar-refractivity contribution in [1.82, 2.24) is 10.2 Å². The number of hydrogen-bond donors (Lipinski definition) is 1. The lowest BCUT2D eigenvalue weighted by Crippen LogP contribution is -2.37. The van der Waals surface area contributed by atoms with Crippen LogP contribution in [0.4, 0.5) is 5.69 Å². The predicted octanol–water partition coefficient (Wildman–Crippen LogP) is 1.32. The summed E-state index contributed by atoms with van der Waals surface area (Å²) in [6.45, 7) is 0.943. The third-order valence-corrected chi connectivity index (χ3v) is 3.35. The molecule has 0 atom stereocenters. The van der Waals surface area contributed by atoms with Crippen LogP contribution in [0.1, 0.15) is 16.8 Å². The number of nitro groups is 1. The Morgan fingerprint density at radius 1 is 1.40 bits per heavy atom. The summed E-state index contributed by atoms with van der Waals surface area (Å²) < 4.78 is 0.453. The summed E-state index contributed by atoms with van der Waals surface area (Å²) >= 11 is 3.15. The van der Waals surface area contributed by atoms with Gasteiger partial charge in [0.1, 0.15) is 0 Å². The number of carbonyl (C=O) groups excluding carboxylic acids is 2. The lowest BCUT2D eigenvalue weighted by Gasteiger charge is -2.19. The molecule has 8 heteroatoms. The Morgan fingerprint density at radius 3 is 2.85 bits per heavy atom. The number of halogens is 1. The van der Waals surface area contributed by atoms with Gasteiger partial charge in [-0.25, -0.2) is 0 Å². The van der Waals surface area contributed by atoms with Crippen LogP contribution in [-0.2, 0) is 4.79 Å². The smallest absolute Gasteiger partial charge is 0.271 e. The van der Waals surface area contributed by atoms with Gasteiger partial charge in [0.05, 0.1) is 11.5 Å². The van der Waals surface area contributed by atoms with E-state index in [-0.39, 0.29) is 29.6 Å². The molecule has 1 aliphatic rings. The molecule has 0 saturated carbocycles. The van der Waals surface area contributed by atoms with Crippen molar-refractivity contribution in [2.75, 3.05) is 19.6 Å². The van der Waals surface area contributed by atoms with E-state index in [2.05, 4.69) is 21.2 Å². The van der Waals surface area contributed by atoms with E-state index < -0.39 is 4.92 Å². The number of nitrogens with zero attached hydrogens (tertiary/aromatic N) is 2. The SMILES string of the molecule is O=C1CN(C(=O)c2cc(Br)cc([N+](=O)[O-])c2)CCCN1. The number of carbonyl (C=O) groups is 2. The van der Waals surface area contributed by atoms with E-state index in [0.29, 0.717) is 24.0 Å². The number of non-ortho nitro benzene ring substituents is 1. The monoisotopic (exact) mass is 341 g/mol. The summed E-state index contributed by atoms with van der Waals surface area (Å²) in [5.41, 5.74) is 0.0303. The number of hydrogen-bond acceptors (Lipinski definition) is 4. The third-order valence-electron chi connectivity index (χ3n) is 2.89. The average Bonchev–Trinajstić information content (AvgIpc) is 2.61. The molecular formula is C12H12BrN3O4. The average molecular weight is 342 g/mol. The van der Waals surface area contributed by atoms with Gasteiger partial charge in [-0.3, -0.25) is 19.7 Å². The Balaban J connectivity index is 2.28. The van der Waals surface area contributed by atoms with Crippen LogP contribution in [0.3, 0.4) is 0 Å². The fourth-order valence-electron chi connectivity index (χ4n) is 1.96. The lowest BCUT2D eigenvalue weighted by molar-refractivity contribution is -0.385. The number of nitro benzene ring substituents is 1. The fourth-order valence-corrected chi connectivity index (χ4v) is 2.45. The zero-order chi connectivity index (χ0) is 14.7. The van der Waals surface area contributed by atoms with Gasteiger partial charge in [0.25, 0.3) is 11.6 Å². The molecule has 0 spiro atoms. The van der Waals surface area contributed by atoms with Gasteiger partial charge in [0, 0.05) is 35.3 Å². The van der Waals surface area contributed by atoms with Crippen molar-refractivity contribution in [2.45, 2.75) is 6.42 Å². The maximum atomic E-state index is 12.3. The van der Waals surface area contributed by atoms with Gasteiger partial charge in [-0.2, -0.15) is 0 Å². The van der Waals surface area contributed by atoms with E-state index in [1.165, 1.54) is 23.1 Å². The van der Waals surface area contributed by atoms with Crippen LogP contribution in [0.5, 0.6) is 0 Å². The Bertz CT molecular complexity index is 576. The third kappa shape index (κ3) is 3.32. The Hall–Kier alpha value is -1.96. The molecule has 1 saturated heterocycles. The molecule has 1 fully saturated rings. The Morgan fingerprint density at radius 2 is 2.15 bits per heavy atom. The highest BCUT2D eigenvalue weighted by atomic mass is 79.9. The highest BCUT2D eigenvalue weighted by molar-refractivity contribution is 9.10. The van der Waals surface area contributed by atoms with E-state index in [4.69, 9.17) is 0 Å². The molecule has 1 N–H and O–H groups in total.